The summed E-state index contributed by atoms with van der Waals surface area (Å²) in [7, 11) is 0. The molecule has 0 bridgehead atoms. The van der Waals surface area contributed by atoms with Crippen molar-refractivity contribution < 1.29 is 19.2 Å². The SMILES string of the molecule is O=C(O)C1(Cc2cccc([N+](=O)[O-])c2F)CCCCC1. The van der Waals surface area contributed by atoms with Crippen molar-refractivity contribution in [2.75, 3.05) is 0 Å². The lowest BCUT2D eigenvalue weighted by Crippen LogP contribution is -2.35. The van der Waals surface area contributed by atoms with Gasteiger partial charge >= 0.3 is 11.7 Å². The van der Waals surface area contributed by atoms with Crippen LogP contribution in [0.3, 0.4) is 0 Å². The number of nitro groups is 1. The number of hydrogen-bond donors (Lipinski definition) is 1. The molecule has 1 aliphatic carbocycles. The van der Waals surface area contributed by atoms with E-state index in [1.54, 1.807) is 0 Å². The van der Waals surface area contributed by atoms with E-state index in [1.807, 2.05) is 0 Å². The van der Waals surface area contributed by atoms with E-state index in [1.165, 1.54) is 12.1 Å². The number of carboxylic acids is 1. The van der Waals surface area contributed by atoms with Gasteiger partial charge in [-0.1, -0.05) is 31.4 Å². The minimum atomic E-state index is -0.992. The molecule has 1 aliphatic rings. The van der Waals surface area contributed by atoms with Gasteiger partial charge in [-0.3, -0.25) is 14.9 Å². The zero-order valence-corrected chi connectivity index (χ0v) is 11.0. The largest absolute Gasteiger partial charge is 0.481 e. The van der Waals surface area contributed by atoms with Crippen LogP contribution >= 0.6 is 0 Å². The summed E-state index contributed by atoms with van der Waals surface area (Å²) < 4.78 is 14.1. The number of carboxylic acid groups (broad SMARTS) is 1. The first-order valence-electron chi connectivity index (χ1n) is 6.61. The average Bonchev–Trinajstić information content (AvgIpc) is 2.41. The van der Waals surface area contributed by atoms with Crippen molar-refractivity contribution >= 4 is 11.7 Å². The highest BCUT2D eigenvalue weighted by atomic mass is 19.1. The molecule has 2 rings (SSSR count). The van der Waals surface area contributed by atoms with Crippen LogP contribution in [0.4, 0.5) is 10.1 Å². The molecule has 20 heavy (non-hydrogen) atoms. The maximum atomic E-state index is 14.1. The third-order valence-corrected chi connectivity index (χ3v) is 4.05. The first kappa shape index (κ1) is 14.4. The van der Waals surface area contributed by atoms with Gasteiger partial charge in [0.25, 0.3) is 0 Å². The number of rotatable bonds is 4. The van der Waals surface area contributed by atoms with Gasteiger partial charge in [-0.2, -0.15) is 4.39 Å². The molecule has 1 fully saturated rings. The van der Waals surface area contributed by atoms with E-state index in [0.29, 0.717) is 12.8 Å². The summed E-state index contributed by atoms with van der Waals surface area (Å²) in [5, 5.41) is 20.2. The summed E-state index contributed by atoms with van der Waals surface area (Å²) >= 11 is 0. The lowest BCUT2D eigenvalue weighted by atomic mass is 9.70. The number of benzene rings is 1. The summed E-state index contributed by atoms with van der Waals surface area (Å²) in [6.45, 7) is 0. The molecular weight excluding hydrogens is 265 g/mol. The summed E-state index contributed by atoms with van der Waals surface area (Å²) in [5.41, 5.74) is -1.48. The Kier molecular flexibility index (Phi) is 4.01. The van der Waals surface area contributed by atoms with Crippen molar-refractivity contribution in [3.05, 3.63) is 39.7 Å². The highest BCUT2D eigenvalue weighted by Crippen LogP contribution is 2.40. The van der Waals surface area contributed by atoms with Crippen LogP contribution < -0.4 is 0 Å². The maximum absolute atomic E-state index is 14.1. The van der Waals surface area contributed by atoms with Crippen molar-refractivity contribution in [3.8, 4) is 0 Å². The average molecular weight is 281 g/mol. The van der Waals surface area contributed by atoms with E-state index in [-0.39, 0.29) is 12.0 Å². The number of halogens is 1. The van der Waals surface area contributed by atoms with Crippen molar-refractivity contribution in [3.63, 3.8) is 0 Å². The van der Waals surface area contributed by atoms with Crippen LogP contribution in [-0.2, 0) is 11.2 Å². The lowest BCUT2D eigenvalue weighted by Gasteiger charge is -2.33. The fourth-order valence-electron chi connectivity index (χ4n) is 2.90. The van der Waals surface area contributed by atoms with Gasteiger partial charge in [0.1, 0.15) is 0 Å². The maximum Gasteiger partial charge on any atom is 0.309 e. The third-order valence-electron chi connectivity index (χ3n) is 4.05. The van der Waals surface area contributed by atoms with Crippen LogP contribution in [-0.4, -0.2) is 16.0 Å². The van der Waals surface area contributed by atoms with E-state index >= 15 is 0 Å². The zero-order chi connectivity index (χ0) is 14.8. The normalized spacial score (nSPS) is 17.6. The standard InChI is InChI=1S/C14H16FNO4/c15-12-10(5-4-6-11(12)16(19)20)9-14(13(17)18)7-2-1-3-8-14/h4-6H,1-3,7-9H2,(H,17,18). The Morgan fingerprint density at radius 2 is 2.00 bits per heavy atom. The molecule has 0 spiro atoms. The molecule has 1 aromatic rings. The van der Waals surface area contributed by atoms with Crippen LogP contribution in [0, 0.1) is 21.3 Å². The van der Waals surface area contributed by atoms with Crippen molar-refractivity contribution in [2.45, 2.75) is 38.5 Å². The highest BCUT2D eigenvalue weighted by molar-refractivity contribution is 5.75. The Morgan fingerprint density at radius 3 is 2.55 bits per heavy atom. The Bertz CT molecular complexity index is 538. The van der Waals surface area contributed by atoms with Gasteiger partial charge in [0, 0.05) is 6.07 Å². The molecule has 6 heteroatoms. The fourth-order valence-corrected chi connectivity index (χ4v) is 2.90. The molecule has 0 saturated heterocycles. The predicted molar refractivity (Wildman–Crippen MR) is 69.9 cm³/mol. The quantitative estimate of drug-likeness (QED) is 0.678. The fraction of sp³-hybridized carbons (Fsp3) is 0.500. The molecule has 0 amide bonds. The van der Waals surface area contributed by atoms with Gasteiger partial charge in [0.15, 0.2) is 0 Å². The second-order valence-corrected chi connectivity index (χ2v) is 5.33. The van der Waals surface area contributed by atoms with E-state index in [2.05, 4.69) is 0 Å². The van der Waals surface area contributed by atoms with Crippen molar-refractivity contribution in [1.82, 2.24) is 0 Å². The molecule has 1 N–H and O–H groups in total. The van der Waals surface area contributed by atoms with Crippen LogP contribution in [0.25, 0.3) is 0 Å². The topological polar surface area (TPSA) is 80.4 Å². The summed E-state index contributed by atoms with van der Waals surface area (Å²) in [6, 6.07) is 3.92. The molecule has 0 aliphatic heterocycles. The van der Waals surface area contributed by atoms with Crippen molar-refractivity contribution in [2.24, 2.45) is 5.41 Å². The Morgan fingerprint density at radius 1 is 1.35 bits per heavy atom. The second kappa shape index (κ2) is 5.56. The van der Waals surface area contributed by atoms with Gasteiger partial charge in [0.05, 0.1) is 10.3 Å². The molecule has 0 aromatic heterocycles. The first-order chi connectivity index (χ1) is 9.46. The van der Waals surface area contributed by atoms with Gasteiger partial charge < -0.3 is 5.11 Å². The zero-order valence-electron chi connectivity index (χ0n) is 11.0. The minimum absolute atomic E-state index is 0.00977. The molecule has 5 nitrogen and oxygen atoms in total. The Balaban J connectivity index is 2.34. The Hall–Kier alpha value is -1.98. The second-order valence-electron chi connectivity index (χ2n) is 5.33. The van der Waals surface area contributed by atoms with Gasteiger partial charge in [0.2, 0.25) is 5.82 Å². The number of hydrogen-bond acceptors (Lipinski definition) is 3. The summed E-state index contributed by atoms with van der Waals surface area (Å²) in [6.07, 6.45) is 3.56. The highest BCUT2D eigenvalue weighted by Gasteiger charge is 2.40. The number of aliphatic carboxylic acids is 1. The predicted octanol–water partition coefficient (Wildman–Crippen LogP) is 3.31. The van der Waals surface area contributed by atoms with Crippen molar-refractivity contribution in [1.29, 1.82) is 0 Å². The molecule has 0 heterocycles. The number of nitro benzene ring substituents is 1. The number of nitrogens with zero attached hydrogens (tertiary/aromatic N) is 1. The smallest absolute Gasteiger partial charge is 0.309 e. The molecular formula is C14H16FNO4. The molecule has 1 aromatic carbocycles. The molecule has 0 radical (unpaired) electrons. The van der Waals surface area contributed by atoms with Crippen LogP contribution in [0.2, 0.25) is 0 Å². The number of carbonyl (C=O) groups is 1. The van der Waals surface area contributed by atoms with E-state index < -0.39 is 27.8 Å². The minimum Gasteiger partial charge on any atom is -0.481 e. The monoisotopic (exact) mass is 281 g/mol. The Labute approximate surface area is 115 Å². The third kappa shape index (κ3) is 2.64. The van der Waals surface area contributed by atoms with Gasteiger partial charge in [-0.05, 0) is 24.8 Å². The molecule has 108 valence electrons. The lowest BCUT2D eigenvalue weighted by molar-refractivity contribution is -0.387. The molecule has 0 atom stereocenters. The van der Waals surface area contributed by atoms with Crippen LogP contribution in [0.1, 0.15) is 37.7 Å². The first-order valence-corrected chi connectivity index (χ1v) is 6.61. The van der Waals surface area contributed by atoms with Crippen LogP contribution in [0.5, 0.6) is 0 Å². The summed E-state index contributed by atoms with van der Waals surface area (Å²) in [5.74, 6) is -1.85. The van der Waals surface area contributed by atoms with Gasteiger partial charge in [-0.25, -0.2) is 0 Å². The van der Waals surface area contributed by atoms with E-state index in [9.17, 15) is 24.4 Å². The van der Waals surface area contributed by atoms with E-state index in [4.69, 9.17) is 0 Å². The van der Waals surface area contributed by atoms with Crippen LogP contribution in [0.15, 0.2) is 18.2 Å². The molecule has 0 unspecified atom stereocenters. The summed E-state index contributed by atoms with van der Waals surface area (Å²) in [4.78, 5) is 21.5. The van der Waals surface area contributed by atoms with Gasteiger partial charge in [-0.15, -0.1) is 0 Å². The van der Waals surface area contributed by atoms with E-state index in [0.717, 1.165) is 25.3 Å². The molecule has 1 saturated carbocycles.